The highest BCUT2D eigenvalue weighted by molar-refractivity contribution is 5.87. The van der Waals surface area contributed by atoms with Gasteiger partial charge < -0.3 is 21.5 Å². The Morgan fingerprint density at radius 2 is 1.95 bits per heavy atom. The molecule has 114 valence electrons. The van der Waals surface area contributed by atoms with Gasteiger partial charge >= 0.3 is 12.0 Å². The lowest BCUT2D eigenvalue weighted by Gasteiger charge is -2.34. The fourth-order valence-corrected chi connectivity index (χ4v) is 2.56. The largest absolute Gasteiger partial charge is 0.480 e. The number of rotatable bonds is 5. The molecule has 0 aliphatic heterocycles. The van der Waals surface area contributed by atoms with Gasteiger partial charge in [0.25, 0.3) is 0 Å². The van der Waals surface area contributed by atoms with Crippen LogP contribution in [0.1, 0.15) is 39.5 Å². The van der Waals surface area contributed by atoms with Crippen LogP contribution in [0.3, 0.4) is 0 Å². The van der Waals surface area contributed by atoms with E-state index in [1.807, 2.05) is 0 Å². The van der Waals surface area contributed by atoms with E-state index in [9.17, 15) is 14.4 Å². The normalized spacial score (nSPS) is 27.4. The Kier molecular flexibility index (Phi) is 5.79. The predicted octanol–water partition coefficient (Wildman–Crippen LogP) is 0.439. The van der Waals surface area contributed by atoms with Crippen LogP contribution in [0.4, 0.5) is 4.79 Å². The molecule has 0 bridgehead atoms. The van der Waals surface area contributed by atoms with Crippen molar-refractivity contribution in [3.05, 3.63) is 0 Å². The van der Waals surface area contributed by atoms with Crippen LogP contribution < -0.4 is 16.4 Å². The molecule has 20 heavy (non-hydrogen) atoms. The first-order chi connectivity index (χ1) is 9.31. The van der Waals surface area contributed by atoms with E-state index < -0.39 is 30.4 Å². The number of primary amides is 1. The van der Waals surface area contributed by atoms with Crippen molar-refractivity contribution in [2.24, 2.45) is 17.6 Å². The maximum Gasteiger partial charge on any atom is 0.326 e. The zero-order valence-corrected chi connectivity index (χ0v) is 11.9. The minimum absolute atomic E-state index is 0.0294. The standard InChI is InChI=1S/C13H23N3O4/c1-7-4-3-5-9(8(7)2)15-13(20)16-10(12(18)19)6-11(14)17/h7-10H,3-6H2,1-2H3,(H2,14,17)(H,18,19)(H2,15,16,20)/t7?,8?,9?,10-/m0/s1. The summed E-state index contributed by atoms with van der Waals surface area (Å²) in [6.45, 7) is 4.22. The molecular weight excluding hydrogens is 262 g/mol. The molecule has 0 aromatic rings. The molecule has 3 amide bonds. The predicted molar refractivity (Wildman–Crippen MR) is 72.9 cm³/mol. The number of nitrogens with one attached hydrogen (secondary N) is 2. The minimum atomic E-state index is -1.29. The van der Waals surface area contributed by atoms with Gasteiger partial charge in [0, 0.05) is 6.04 Å². The van der Waals surface area contributed by atoms with Crippen LogP contribution in [-0.4, -0.2) is 35.1 Å². The maximum absolute atomic E-state index is 11.8. The molecule has 1 rings (SSSR count). The first-order valence-electron chi connectivity index (χ1n) is 6.89. The molecule has 7 nitrogen and oxygen atoms in total. The molecule has 0 saturated heterocycles. The van der Waals surface area contributed by atoms with Crippen molar-refractivity contribution in [2.75, 3.05) is 0 Å². The molecule has 1 aliphatic carbocycles. The number of nitrogens with two attached hydrogens (primary N) is 1. The van der Waals surface area contributed by atoms with Crippen molar-refractivity contribution in [1.29, 1.82) is 0 Å². The number of amides is 3. The first-order valence-corrected chi connectivity index (χ1v) is 6.89. The first kappa shape index (κ1) is 16.3. The second kappa shape index (κ2) is 7.12. The molecule has 0 heterocycles. The van der Waals surface area contributed by atoms with Crippen molar-refractivity contribution in [3.63, 3.8) is 0 Å². The van der Waals surface area contributed by atoms with E-state index >= 15 is 0 Å². The summed E-state index contributed by atoms with van der Waals surface area (Å²) < 4.78 is 0. The number of carboxylic acids is 1. The molecule has 5 N–H and O–H groups in total. The van der Waals surface area contributed by atoms with Crippen LogP contribution in [0.5, 0.6) is 0 Å². The van der Waals surface area contributed by atoms with Gasteiger partial charge in [-0.05, 0) is 18.3 Å². The molecule has 0 radical (unpaired) electrons. The van der Waals surface area contributed by atoms with Gasteiger partial charge in [0.1, 0.15) is 6.04 Å². The molecule has 0 aromatic heterocycles. The van der Waals surface area contributed by atoms with E-state index in [4.69, 9.17) is 10.8 Å². The third-order valence-electron chi connectivity index (χ3n) is 4.03. The quantitative estimate of drug-likeness (QED) is 0.585. The number of hydrogen-bond donors (Lipinski definition) is 4. The van der Waals surface area contributed by atoms with Gasteiger partial charge in [-0.15, -0.1) is 0 Å². The summed E-state index contributed by atoms with van der Waals surface area (Å²) in [6.07, 6.45) is 2.65. The molecule has 7 heteroatoms. The fourth-order valence-electron chi connectivity index (χ4n) is 2.56. The van der Waals surface area contributed by atoms with Crippen LogP contribution in [0.25, 0.3) is 0 Å². The Bertz CT molecular complexity index is 386. The van der Waals surface area contributed by atoms with Crippen molar-refractivity contribution >= 4 is 17.9 Å². The van der Waals surface area contributed by atoms with Gasteiger partial charge in [-0.2, -0.15) is 0 Å². The summed E-state index contributed by atoms with van der Waals surface area (Å²) >= 11 is 0. The van der Waals surface area contributed by atoms with Crippen LogP contribution in [0, 0.1) is 11.8 Å². The number of carbonyl (C=O) groups excluding carboxylic acids is 2. The van der Waals surface area contributed by atoms with E-state index in [0.29, 0.717) is 11.8 Å². The smallest absolute Gasteiger partial charge is 0.326 e. The zero-order chi connectivity index (χ0) is 15.3. The highest BCUT2D eigenvalue weighted by Crippen LogP contribution is 2.29. The maximum atomic E-state index is 11.8. The summed E-state index contributed by atoms with van der Waals surface area (Å²) in [7, 11) is 0. The summed E-state index contributed by atoms with van der Waals surface area (Å²) in [5.41, 5.74) is 4.96. The lowest BCUT2D eigenvalue weighted by molar-refractivity contribution is -0.140. The van der Waals surface area contributed by atoms with Crippen LogP contribution >= 0.6 is 0 Å². The Hall–Kier alpha value is -1.79. The molecule has 4 atom stereocenters. The van der Waals surface area contributed by atoms with E-state index in [-0.39, 0.29) is 6.04 Å². The summed E-state index contributed by atoms with van der Waals surface area (Å²) in [6, 6.07) is -1.82. The van der Waals surface area contributed by atoms with E-state index in [2.05, 4.69) is 24.5 Å². The van der Waals surface area contributed by atoms with Crippen molar-refractivity contribution in [3.8, 4) is 0 Å². The number of hydrogen-bond acceptors (Lipinski definition) is 3. The molecule has 1 saturated carbocycles. The van der Waals surface area contributed by atoms with Gasteiger partial charge in [0.15, 0.2) is 0 Å². The number of carboxylic acid groups (broad SMARTS) is 1. The van der Waals surface area contributed by atoms with Gasteiger partial charge in [-0.1, -0.05) is 26.7 Å². The van der Waals surface area contributed by atoms with Crippen molar-refractivity contribution in [1.82, 2.24) is 10.6 Å². The van der Waals surface area contributed by atoms with E-state index in [1.165, 1.54) is 0 Å². The average Bonchev–Trinajstić information content (AvgIpc) is 2.33. The molecule has 0 aromatic carbocycles. The second-order valence-electron chi connectivity index (χ2n) is 5.55. The third-order valence-corrected chi connectivity index (χ3v) is 4.03. The minimum Gasteiger partial charge on any atom is -0.480 e. The molecule has 1 aliphatic rings. The Morgan fingerprint density at radius 1 is 1.30 bits per heavy atom. The van der Waals surface area contributed by atoms with Crippen LogP contribution in [0.2, 0.25) is 0 Å². The third kappa shape index (κ3) is 4.71. The number of carbonyl (C=O) groups is 3. The highest BCUT2D eigenvalue weighted by Gasteiger charge is 2.29. The second-order valence-corrected chi connectivity index (χ2v) is 5.55. The number of urea groups is 1. The average molecular weight is 285 g/mol. The summed E-state index contributed by atoms with van der Waals surface area (Å²) in [4.78, 5) is 33.5. The molecule has 0 spiro atoms. The Labute approximate surface area is 118 Å². The fraction of sp³-hybridized carbons (Fsp3) is 0.769. The molecule has 1 fully saturated rings. The number of aliphatic carboxylic acids is 1. The summed E-state index contributed by atoms with van der Waals surface area (Å²) in [5.74, 6) is -1.18. The van der Waals surface area contributed by atoms with E-state index in [1.54, 1.807) is 0 Å². The van der Waals surface area contributed by atoms with E-state index in [0.717, 1.165) is 19.3 Å². The monoisotopic (exact) mass is 285 g/mol. The molecule has 3 unspecified atom stereocenters. The van der Waals surface area contributed by atoms with Crippen molar-refractivity contribution in [2.45, 2.75) is 51.6 Å². The summed E-state index contributed by atoms with van der Waals surface area (Å²) in [5, 5.41) is 14.0. The van der Waals surface area contributed by atoms with Crippen LogP contribution in [-0.2, 0) is 9.59 Å². The zero-order valence-electron chi connectivity index (χ0n) is 11.9. The Morgan fingerprint density at radius 3 is 2.50 bits per heavy atom. The van der Waals surface area contributed by atoms with Crippen LogP contribution in [0.15, 0.2) is 0 Å². The van der Waals surface area contributed by atoms with Gasteiger partial charge in [-0.25, -0.2) is 9.59 Å². The van der Waals surface area contributed by atoms with Crippen molar-refractivity contribution < 1.29 is 19.5 Å². The SMILES string of the molecule is CC1CCCC(NC(=O)N[C@@H](CC(N)=O)C(=O)O)C1C. The Balaban J connectivity index is 2.52. The lowest BCUT2D eigenvalue weighted by atomic mass is 9.78. The van der Waals surface area contributed by atoms with Gasteiger partial charge in [0.05, 0.1) is 6.42 Å². The molecular formula is C13H23N3O4. The lowest BCUT2D eigenvalue weighted by Crippen LogP contribution is -2.52. The topological polar surface area (TPSA) is 122 Å². The van der Waals surface area contributed by atoms with Gasteiger partial charge in [0.2, 0.25) is 5.91 Å². The van der Waals surface area contributed by atoms with Gasteiger partial charge in [-0.3, -0.25) is 4.79 Å². The highest BCUT2D eigenvalue weighted by atomic mass is 16.4.